The molecule has 1 aromatic carbocycles. The second-order valence-corrected chi connectivity index (χ2v) is 5.39. The second kappa shape index (κ2) is 6.87. The standard InChI is InChI=1S/C14H12N6O3S/c1-23-10-4-2-9(3-5-10)18-12-11(20(21)22)13(17-8-16-12)19-14-15-6-7-24-14/h2-8H,1H3,(H2,15,16,17,18,19). The van der Waals surface area contributed by atoms with Crippen LogP contribution in [0.2, 0.25) is 0 Å². The van der Waals surface area contributed by atoms with Gasteiger partial charge in [-0.25, -0.2) is 15.0 Å². The largest absolute Gasteiger partial charge is 0.497 e. The molecule has 0 radical (unpaired) electrons. The molecular weight excluding hydrogens is 332 g/mol. The molecule has 0 amide bonds. The highest BCUT2D eigenvalue weighted by Crippen LogP contribution is 2.33. The van der Waals surface area contributed by atoms with E-state index in [0.29, 0.717) is 16.6 Å². The summed E-state index contributed by atoms with van der Waals surface area (Å²) in [5.74, 6) is 0.837. The highest BCUT2D eigenvalue weighted by atomic mass is 32.1. The van der Waals surface area contributed by atoms with Crippen molar-refractivity contribution in [3.8, 4) is 5.75 Å². The van der Waals surface area contributed by atoms with Gasteiger partial charge in [0.05, 0.1) is 12.0 Å². The Labute approximate surface area is 140 Å². The maximum atomic E-state index is 11.5. The summed E-state index contributed by atoms with van der Waals surface area (Å²) < 4.78 is 5.08. The van der Waals surface area contributed by atoms with Gasteiger partial charge in [-0.2, -0.15) is 0 Å². The van der Waals surface area contributed by atoms with Crippen LogP contribution in [0.25, 0.3) is 0 Å². The number of methoxy groups -OCH3 is 1. The first-order valence-corrected chi connectivity index (χ1v) is 7.62. The van der Waals surface area contributed by atoms with Gasteiger partial charge >= 0.3 is 5.69 Å². The van der Waals surface area contributed by atoms with Crippen LogP contribution in [0, 0.1) is 10.1 Å². The summed E-state index contributed by atoms with van der Waals surface area (Å²) in [6.45, 7) is 0. The molecule has 3 aromatic rings. The highest BCUT2D eigenvalue weighted by molar-refractivity contribution is 7.13. The molecule has 0 bridgehead atoms. The third kappa shape index (κ3) is 3.38. The number of nitro groups is 1. The van der Waals surface area contributed by atoms with E-state index in [1.807, 2.05) is 0 Å². The number of nitrogens with zero attached hydrogens (tertiary/aromatic N) is 4. The summed E-state index contributed by atoms with van der Waals surface area (Å²) in [7, 11) is 1.56. The second-order valence-electron chi connectivity index (χ2n) is 4.49. The Morgan fingerprint density at radius 2 is 1.83 bits per heavy atom. The zero-order valence-electron chi connectivity index (χ0n) is 12.5. The Morgan fingerprint density at radius 1 is 1.12 bits per heavy atom. The molecule has 2 heterocycles. The zero-order valence-corrected chi connectivity index (χ0v) is 13.3. The average Bonchev–Trinajstić information content (AvgIpc) is 3.08. The molecule has 2 aromatic heterocycles. The summed E-state index contributed by atoms with van der Waals surface area (Å²) in [6.07, 6.45) is 2.84. The first-order valence-electron chi connectivity index (χ1n) is 6.74. The summed E-state index contributed by atoms with van der Waals surface area (Å²) in [5, 5.41) is 19.5. The lowest BCUT2D eigenvalue weighted by atomic mass is 10.3. The molecule has 24 heavy (non-hydrogen) atoms. The Kier molecular flexibility index (Phi) is 4.47. The first-order chi connectivity index (χ1) is 11.7. The van der Waals surface area contributed by atoms with Gasteiger partial charge in [0.15, 0.2) is 5.13 Å². The minimum atomic E-state index is -0.540. The van der Waals surface area contributed by atoms with Crippen molar-refractivity contribution in [1.82, 2.24) is 15.0 Å². The fraction of sp³-hybridized carbons (Fsp3) is 0.0714. The molecule has 0 saturated heterocycles. The molecule has 0 fully saturated rings. The van der Waals surface area contributed by atoms with Crippen LogP contribution in [-0.4, -0.2) is 27.0 Å². The summed E-state index contributed by atoms with van der Waals surface area (Å²) in [4.78, 5) is 22.9. The first kappa shape index (κ1) is 15.6. The number of aromatic nitrogens is 3. The van der Waals surface area contributed by atoms with E-state index >= 15 is 0 Å². The van der Waals surface area contributed by atoms with Crippen LogP contribution >= 0.6 is 11.3 Å². The smallest absolute Gasteiger partial charge is 0.353 e. The number of anilines is 4. The van der Waals surface area contributed by atoms with E-state index in [9.17, 15) is 10.1 Å². The number of ether oxygens (including phenoxy) is 1. The molecule has 3 rings (SSSR count). The Hall–Kier alpha value is -3.27. The SMILES string of the molecule is COc1ccc(Nc2ncnc(Nc3nccs3)c2[N+](=O)[O-])cc1. The van der Waals surface area contributed by atoms with E-state index in [2.05, 4.69) is 25.6 Å². The van der Waals surface area contributed by atoms with Gasteiger partial charge in [0, 0.05) is 17.3 Å². The van der Waals surface area contributed by atoms with Gasteiger partial charge in [0.1, 0.15) is 12.1 Å². The van der Waals surface area contributed by atoms with E-state index in [0.717, 1.165) is 0 Å². The highest BCUT2D eigenvalue weighted by Gasteiger charge is 2.23. The minimum absolute atomic E-state index is 0.0703. The van der Waals surface area contributed by atoms with Crippen LogP contribution in [0.15, 0.2) is 42.2 Å². The van der Waals surface area contributed by atoms with Gasteiger partial charge in [-0.1, -0.05) is 0 Å². The molecule has 0 unspecified atom stereocenters. The monoisotopic (exact) mass is 344 g/mol. The number of rotatable bonds is 6. The van der Waals surface area contributed by atoms with Crippen molar-refractivity contribution >= 4 is 39.5 Å². The Morgan fingerprint density at radius 3 is 2.42 bits per heavy atom. The van der Waals surface area contributed by atoms with Crippen LogP contribution < -0.4 is 15.4 Å². The maximum Gasteiger partial charge on any atom is 0.353 e. The predicted molar refractivity (Wildman–Crippen MR) is 90.4 cm³/mol. The third-order valence-corrected chi connectivity index (χ3v) is 3.70. The van der Waals surface area contributed by atoms with Crippen LogP contribution in [0.4, 0.5) is 28.1 Å². The number of thiazole rings is 1. The van der Waals surface area contributed by atoms with E-state index in [4.69, 9.17) is 4.74 Å². The van der Waals surface area contributed by atoms with Crippen molar-refractivity contribution in [1.29, 1.82) is 0 Å². The molecule has 2 N–H and O–H groups in total. The van der Waals surface area contributed by atoms with Crippen molar-refractivity contribution in [3.63, 3.8) is 0 Å². The lowest BCUT2D eigenvalue weighted by Gasteiger charge is -2.09. The molecule has 122 valence electrons. The Bertz CT molecular complexity index is 838. The molecule has 10 heteroatoms. The normalized spacial score (nSPS) is 10.2. The van der Waals surface area contributed by atoms with Gasteiger partial charge in [-0.05, 0) is 24.3 Å². The molecule has 9 nitrogen and oxygen atoms in total. The number of hydrogen-bond donors (Lipinski definition) is 2. The number of nitrogens with one attached hydrogen (secondary N) is 2. The lowest BCUT2D eigenvalue weighted by molar-refractivity contribution is -0.383. The van der Waals surface area contributed by atoms with Crippen LogP contribution in [0.5, 0.6) is 5.75 Å². The third-order valence-electron chi connectivity index (χ3n) is 3.02. The van der Waals surface area contributed by atoms with Crippen molar-refractivity contribution < 1.29 is 9.66 Å². The maximum absolute atomic E-state index is 11.5. The minimum Gasteiger partial charge on any atom is -0.497 e. The van der Waals surface area contributed by atoms with Gasteiger partial charge in [-0.3, -0.25) is 10.1 Å². The summed E-state index contributed by atoms with van der Waals surface area (Å²) in [6, 6.07) is 6.95. The molecule has 0 aliphatic rings. The van der Waals surface area contributed by atoms with E-state index < -0.39 is 4.92 Å². The average molecular weight is 344 g/mol. The summed E-state index contributed by atoms with van der Waals surface area (Å²) >= 11 is 1.31. The summed E-state index contributed by atoms with van der Waals surface area (Å²) in [5.41, 5.74) is 0.376. The molecule has 0 aliphatic carbocycles. The van der Waals surface area contributed by atoms with Crippen molar-refractivity contribution in [2.24, 2.45) is 0 Å². The predicted octanol–water partition coefficient (Wildman–Crippen LogP) is 3.34. The van der Waals surface area contributed by atoms with Crippen LogP contribution in [-0.2, 0) is 0 Å². The molecular formula is C14H12N6O3S. The van der Waals surface area contributed by atoms with E-state index in [1.165, 1.54) is 17.7 Å². The lowest BCUT2D eigenvalue weighted by Crippen LogP contribution is -2.05. The van der Waals surface area contributed by atoms with Crippen molar-refractivity contribution in [3.05, 3.63) is 52.3 Å². The molecule has 0 spiro atoms. The van der Waals surface area contributed by atoms with Crippen molar-refractivity contribution in [2.75, 3.05) is 17.7 Å². The van der Waals surface area contributed by atoms with Gasteiger partial charge in [-0.15, -0.1) is 11.3 Å². The van der Waals surface area contributed by atoms with E-state index in [-0.39, 0.29) is 17.3 Å². The van der Waals surface area contributed by atoms with Gasteiger partial charge in [0.2, 0.25) is 11.6 Å². The van der Waals surface area contributed by atoms with Gasteiger partial charge in [0.25, 0.3) is 0 Å². The number of benzene rings is 1. The van der Waals surface area contributed by atoms with Gasteiger partial charge < -0.3 is 15.4 Å². The van der Waals surface area contributed by atoms with E-state index in [1.54, 1.807) is 43.0 Å². The molecule has 0 saturated carbocycles. The topological polar surface area (TPSA) is 115 Å². The number of hydrogen-bond acceptors (Lipinski definition) is 9. The zero-order chi connectivity index (χ0) is 16.9. The molecule has 0 atom stereocenters. The Balaban J connectivity index is 1.92. The van der Waals surface area contributed by atoms with Crippen molar-refractivity contribution in [2.45, 2.75) is 0 Å². The fourth-order valence-corrected chi connectivity index (χ4v) is 2.46. The fourth-order valence-electron chi connectivity index (χ4n) is 1.93. The molecule has 0 aliphatic heterocycles. The van der Waals surface area contributed by atoms with Crippen LogP contribution in [0.1, 0.15) is 0 Å². The quantitative estimate of drug-likeness (QED) is 0.517. The van der Waals surface area contributed by atoms with Crippen LogP contribution in [0.3, 0.4) is 0 Å².